The fourth-order valence-corrected chi connectivity index (χ4v) is 1.02. The summed E-state index contributed by atoms with van der Waals surface area (Å²) in [4.78, 5) is 0. The Morgan fingerprint density at radius 2 is 1.93 bits per heavy atom. The number of benzene rings is 1. The Labute approximate surface area is 89.6 Å². The topological polar surface area (TPSA) is 59.1 Å². The van der Waals surface area contributed by atoms with Crippen LogP contribution in [-0.4, -0.2) is 12.8 Å². The third kappa shape index (κ3) is 3.23. The van der Waals surface area contributed by atoms with Crippen molar-refractivity contribution in [1.82, 2.24) is 0 Å². The third-order valence-corrected chi connectivity index (χ3v) is 1.74. The van der Waals surface area contributed by atoms with Crippen molar-refractivity contribution in [1.29, 1.82) is 5.41 Å². The van der Waals surface area contributed by atoms with Crippen molar-refractivity contribution < 1.29 is 9.13 Å². The van der Waals surface area contributed by atoms with E-state index in [1.807, 2.05) is 13.8 Å². The van der Waals surface area contributed by atoms with E-state index in [9.17, 15) is 4.39 Å². The molecule has 0 aliphatic heterocycles. The van der Waals surface area contributed by atoms with Gasteiger partial charge in [0.1, 0.15) is 11.6 Å². The molecule has 84 valence electrons. The van der Waals surface area contributed by atoms with E-state index < -0.39 is 5.82 Å². The van der Waals surface area contributed by atoms with Crippen LogP contribution < -0.4 is 10.5 Å². The second kappa shape index (κ2) is 6.01. The van der Waals surface area contributed by atoms with Gasteiger partial charge in [0.2, 0.25) is 0 Å². The Kier molecular flexibility index (Phi) is 5.37. The number of halogens is 1. The Hall–Kier alpha value is -1.58. The Morgan fingerprint density at radius 1 is 1.40 bits per heavy atom. The van der Waals surface area contributed by atoms with Gasteiger partial charge in [-0.15, -0.1) is 0 Å². The van der Waals surface area contributed by atoms with Gasteiger partial charge >= 0.3 is 0 Å². The van der Waals surface area contributed by atoms with E-state index in [2.05, 4.69) is 0 Å². The summed E-state index contributed by atoms with van der Waals surface area (Å²) in [5, 5.41) is 7.34. The molecule has 1 aromatic carbocycles. The summed E-state index contributed by atoms with van der Waals surface area (Å²) < 4.78 is 17.9. The number of anilines is 1. The summed E-state index contributed by atoms with van der Waals surface area (Å²) in [7, 11) is 1.44. The molecule has 4 heteroatoms. The molecule has 0 spiro atoms. The summed E-state index contributed by atoms with van der Waals surface area (Å²) >= 11 is 0. The fourth-order valence-electron chi connectivity index (χ4n) is 1.02. The molecule has 0 radical (unpaired) electrons. The highest BCUT2D eigenvalue weighted by molar-refractivity contribution is 6.01. The molecule has 0 atom stereocenters. The molecule has 0 fully saturated rings. The molecule has 0 saturated carbocycles. The number of ether oxygens (including phenoxy) is 1. The largest absolute Gasteiger partial charge is 0.497 e. The number of nitrogen functional groups attached to an aromatic ring is 1. The molecule has 3 nitrogen and oxygen atoms in total. The molecule has 0 unspecified atom stereocenters. The Balaban J connectivity index is 0.000000921. The highest BCUT2D eigenvalue weighted by Gasteiger charge is 2.09. The van der Waals surface area contributed by atoms with Gasteiger partial charge in [0.25, 0.3) is 0 Å². The van der Waals surface area contributed by atoms with Crippen LogP contribution in [0.1, 0.15) is 26.3 Å². The second-order valence-corrected chi connectivity index (χ2v) is 2.70. The summed E-state index contributed by atoms with van der Waals surface area (Å²) in [5.41, 5.74) is 6.02. The molecular weight excluding hydrogens is 195 g/mol. The van der Waals surface area contributed by atoms with E-state index in [0.717, 1.165) is 0 Å². The van der Waals surface area contributed by atoms with Gasteiger partial charge < -0.3 is 15.9 Å². The number of hydrogen-bond donors (Lipinski definition) is 2. The van der Waals surface area contributed by atoms with Crippen LogP contribution in [0, 0.1) is 11.2 Å². The van der Waals surface area contributed by atoms with Gasteiger partial charge in [-0.05, 0) is 13.0 Å². The van der Waals surface area contributed by atoms with Crippen LogP contribution in [0.3, 0.4) is 0 Å². The predicted octanol–water partition coefficient (Wildman–Crippen LogP) is 2.83. The van der Waals surface area contributed by atoms with Gasteiger partial charge in [0.05, 0.1) is 12.8 Å². The van der Waals surface area contributed by atoms with E-state index in [4.69, 9.17) is 15.9 Å². The third-order valence-electron chi connectivity index (χ3n) is 1.74. The number of nitrogens with two attached hydrogens (primary N) is 1. The number of methoxy groups -OCH3 is 1. The number of hydrogen-bond acceptors (Lipinski definition) is 3. The zero-order valence-electron chi connectivity index (χ0n) is 9.52. The smallest absolute Gasteiger partial charge is 0.150 e. The number of rotatable bonds is 2. The van der Waals surface area contributed by atoms with Gasteiger partial charge in [-0.3, -0.25) is 0 Å². The van der Waals surface area contributed by atoms with Crippen LogP contribution in [0.15, 0.2) is 12.1 Å². The van der Waals surface area contributed by atoms with Crippen molar-refractivity contribution >= 4 is 11.4 Å². The first-order chi connectivity index (χ1) is 7.06. The summed E-state index contributed by atoms with van der Waals surface area (Å²) in [6, 6.07) is 2.74. The normalized spacial score (nSPS) is 8.87. The lowest BCUT2D eigenvalue weighted by Gasteiger charge is -2.07. The minimum atomic E-state index is -0.555. The molecule has 15 heavy (non-hydrogen) atoms. The average Bonchev–Trinajstić information content (AvgIpc) is 2.24. The van der Waals surface area contributed by atoms with Gasteiger partial charge in [0, 0.05) is 17.3 Å². The van der Waals surface area contributed by atoms with Crippen LogP contribution in [-0.2, 0) is 0 Å². The fraction of sp³-hybridized carbons (Fsp3) is 0.364. The minimum Gasteiger partial charge on any atom is -0.497 e. The molecule has 1 aromatic rings. The number of nitrogens with one attached hydrogen (secondary N) is 1. The standard InChI is InChI=1S/C9H11FN2O.C2H6/c1-5(11)7-3-6(13-2)4-8(10)9(7)12;1-2/h3-4,11H,12H2,1-2H3;1-2H3. The van der Waals surface area contributed by atoms with Crippen molar-refractivity contribution in [2.75, 3.05) is 12.8 Å². The van der Waals surface area contributed by atoms with Gasteiger partial charge in [-0.1, -0.05) is 13.8 Å². The van der Waals surface area contributed by atoms with Crippen LogP contribution in [0.5, 0.6) is 5.75 Å². The molecule has 3 N–H and O–H groups in total. The van der Waals surface area contributed by atoms with Crippen molar-refractivity contribution in [2.24, 2.45) is 0 Å². The summed E-state index contributed by atoms with van der Waals surface area (Å²) in [6.07, 6.45) is 0. The maximum Gasteiger partial charge on any atom is 0.150 e. The van der Waals surface area contributed by atoms with Crippen molar-refractivity contribution in [3.05, 3.63) is 23.5 Å². The zero-order chi connectivity index (χ0) is 12.0. The van der Waals surface area contributed by atoms with E-state index in [1.54, 1.807) is 13.0 Å². The van der Waals surface area contributed by atoms with E-state index in [0.29, 0.717) is 11.3 Å². The van der Waals surface area contributed by atoms with Gasteiger partial charge in [0.15, 0.2) is 0 Å². The first-order valence-electron chi connectivity index (χ1n) is 4.74. The molecule has 0 aliphatic rings. The SMILES string of the molecule is CC.COc1cc(F)c(N)c(C(C)=N)c1. The highest BCUT2D eigenvalue weighted by atomic mass is 19.1. The molecule has 0 amide bonds. The van der Waals surface area contributed by atoms with E-state index in [-0.39, 0.29) is 11.4 Å². The molecular formula is C11H17FN2O. The Morgan fingerprint density at radius 3 is 2.33 bits per heavy atom. The lowest BCUT2D eigenvalue weighted by Crippen LogP contribution is -2.03. The van der Waals surface area contributed by atoms with Crippen molar-refractivity contribution in [3.8, 4) is 5.75 Å². The van der Waals surface area contributed by atoms with Crippen molar-refractivity contribution in [2.45, 2.75) is 20.8 Å². The van der Waals surface area contributed by atoms with Crippen LogP contribution in [0.4, 0.5) is 10.1 Å². The summed E-state index contributed by atoms with van der Waals surface area (Å²) in [5.74, 6) is -0.186. The molecule has 1 rings (SSSR count). The van der Waals surface area contributed by atoms with Crippen LogP contribution in [0.25, 0.3) is 0 Å². The average molecular weight is 212 g/mol. The molecule has 0 aliphatic carbocycles. The predicted molar refractivity (Wildman–Crippen MR) is 61.2 cm³/mol. The van der Waals surface area contributed by atoms with E-state index in [1.165, 1.54) is 13.2 Å². The molecule has 0 heterocycles. The van der Waals surface area contributed by atoms with Gasteiger partial charge in [-0.2, -0.15) is 0 Å². The minimum absolute atomic E-state index is 0.00620. The zero-order valence-corrected chi connectivity index (χ0v) is 9.52. The van der Waals surface area contributed by atoms with Crippen LogP contribution in [0.2, 0.25) is 0 Å². The first kappa shape index (κ1) is 13.4. The monoisotopic (exact) mass is 212 g/mol. The highest BCUT2D eigenvalue weighted by Crippen LogP contribution is 2.23. The second-order valence-electron chi connectivity index (χ2n) is 2.70. The molecule has 0 bridgehead atoms. The molecule has 0 aromatic heterocycles. The van der Waals surface area contributed by atoms with Crippen molar-refractivity contribution in [3.63, 3.8) is 0 Å². The summed E-state index contributed by atoms with van der Waals surface area (Å²) in [6.45, 7) is 5.55. The Bertz CT molecular complexity index is 351. The van der Waals surface area contributed by atoms with Gasteiger partial charge in [-0.25, -0.2) is 4.39 Å². The quantitative estimate of drug-likeness (QED) is 0.585. The maximum atomic E-state index is 13.1. The lowest BCUT2D eigenvalue weighted by atomic mass is 10.1. The molecule has 0 saturated heterocycles. The van der Waals surface area contributed by atoms with E-state index >= 15 is 0 Å². The lowest BCUT2D eigenvalue weighted by molar-refractivity contribution is 0.411. The maximum absolute atomic E-state index is 13.1. The van der Waals surface area contributed by atoms with Crippen LogP contribution >= 0.6 is 0 Å². The first-order valence-corrected chi connectivity index (χ1v) is 4.74.